The molecular weight excluding hydrogens is 1530 g/mol. The Morgan fingerprint density at radius 3 is 1.27 bits per heavy atom. The Bertz CT molecular complexity index is 5620. The minimum absolute atomic E-state index is 0.0131. The monoisotopic (exact) mass is 1610 g/mol. The summed E-state index contributed by atoms with van der Waals surface area (Å²) >= 11 is 19.9. The van der Waals surface area contributed by atoms with Gasteiger partial charge < -0.3 is 65.2 Å². The van der Waals surface area contributed by atoms with Gasteiger partial charge >= 0.3 is 0 Å². The third-order valence-corrected chi connectivity index (χ3v) is 20.6. The predicted molar refractivity (Wildman–Crippen MR) is 440 cm³/mol. The minimum Gasteiger partial charge on any atom is -0.508 e. The van der Waals surface area contributed by atoms with Gasteiger partial charge in [0, 0.05) is 166 Å². The SMILES string of the molecule is C/C=C/C(=O)N1CCN(c2nc(NCCC(=O)N(C)C)nc3c(F)c(-c4cc(O)cc5ccccc45)c(Cl)cc23)CC1.C/C=C/C(=O)N1CCN(c2ncnc3c(F)c(-c4c(O)cccc4F)c(Cl)cc23)CC1.C=CC(=O)N1CCN(c2nc(NCCC(=O)N(C)C)nc3c(F)c(-c4cc(O)cc5ccccc45)c(Cl)cc23)CC1. The van der Waals surface area contributed by atoms with Crippen LogP contribution in [0.2, 0.25) is 15.1 Å². The molecule has 0 saturated carbocycles. The first-order chi connectivity index (χ1) is 54.8. The molecule has 31 heteroatoms. The van der Waals surface area contributed by atoms with Gasteiger partial charge in [-0.15, -0.1) is 0 Å². The molecule has 114 heavy (non-hydrogen) atoms. The Morgan fingerprint density at radius 2 is 0.860 bits per heavy atom. The topological polar surface area (TPSA) is 273 Å². The molecule has 0 bridgehead atoms. The molecule has 3 saturated heterocycles. The Kier molecular flexibility index (Phi) is 25.5. The zero-order valence-electron chi connectivity index (χ0n) is 63.2. The summed E-state index contributed by atoms with van der Waals surface area (Å²) in [5.74, 6) is -2.03. The van der Waals surface area contributed by atoms with Gasteiger partial charge in [-0.05, 0) is 119 Å². The van der Waals surface area contributed by atoms with E-state index in [4.69, 9.17) is 44.8 Å². The van der Waals surface area contributed by atoms with Crippen molar-refractivity contribution in [3.63, 3.8) is 0 Å². The molecule has 5 amide bonds. The molecule has 0 unspecified atom stereocenters. The summed E-state index contributed by atoms with van der Waals surface area (Å²) in [5.41, 5.74) is 0.625. The number of hydrogen-bond donors (Lipinski definition) is 5. The van der Waals surface area contributed by atoms with Crippen LogP contribution in [0.1, 0.15) is 26.7 Å². The van der Waals surface area contributed by atoms with E-state index in [1.807, 2.05) is 63.2 Å². The Labute approximate surface area is 668 Å². The average Bonchev–Trinajstić information content (AvgIpc) is 0.754. The summed E-state index contributed by atoms with van der Waals surface area (Å²) in [7, 11) is 6.71. The molecule has 24 nitrogen and oxygen atoms in total. The molecule has 6 heterocycles. The van der Waals surface area contributed by atoms with E-state index in [9.17, 15) is 43.7 Å². The lowest BCUT2D eigenvalue weighted by Gasteiger charge is -2.35. The molecule has 3 aromatic heterocycles. The number of nitrogens with one attached hydrogen (secondary N) is 2. The van der Waals surface area contributed by atoms with Crippen LogP contribution in [0.25, 0.3) is 87.6 Å². The lowest BCUT2D eigenvalue weighted by Crippen LogP contribution is -2.48. The van der Waals surface area contributed by atoms with Crippen molar-refractivity contribution in [3.8, 4) is 50.6 Å². The number of carbonyl (C=O) groups is 5. The fourth-order valence-electron chi connectivity index (χ4n) is 13.9. The fraction of sp³-hybridized carbons (Fsp3) is 0.265. The summed E-state index contributed by atoms with van der Waals surface area (Å²) in [4.78, 5) is 102. The predicted octanol–water partition coefficient (Wildman–Crippen LogP) is 13.9. The maximum Gasteiger partial charge on any atom is 0.246 e. The molecule has 590 valence electrons. The number of piperazine rings is 3. The van der Waals surface area contributed by atoms with Gasteiger partial charge in [0.15, 0.2) is 17.5 Å². The van der Waals surface area contributed by atoms with Gasteiger partial charge in [-0.3, -0.25) is 24.0 Å². The van der Waals surface area contributed by atoms with E-state index in [0.717, 1.165) is 27.6 Å². The number of aromatic hydroxyl groups is 3. The molecule has 5 N–H and O–H groups in total. The Hall–Kier alpha value is -12.1. The molecule has 3 aliphatic heterocycles. The van der Waals surface area contributed by atoms with Crippen molar-refractivity contribution in [2.45, 2.75) is 26.7 Å². The number of rotatable bonds is 17. The standard InChI is InChI=1S/C31H32ClFN6O3.C30H30ClFN6O3.C22H19ClF2N4O2/c1-4-7-26(42)38-12-14-39(15-13-38)30-23-18-24(32)27(22-17-20(40)16-19-8-5-6-9-21(19)22)28(33)29(23)35-31(36-30)34-11-10-25(41)37(2)3;1-4-24(40)37-11-13-38(14-12-37)29-22-17-23(31)26(21-16-19(39)15-18-7-5-6-8-20(18)21)27(32)28(22)34-30(35-29)33-10-9-25(41)36(2)3;1-2-4-17(31)28-7-9-29(10-8-28)22-13-11-14(23)18(20(25)21(13)26-12-27-22)19-15(24)5-3-6-16(19)30/h4-9,16-18,40H,10-15H2,1-3H3,(H,34,35,36);4-8,15-17,39H,1,9-14H2,2-3H3,(H,33,34,35);2-6,11-12,30H,7-10H2,1H3/b7-4+;;4-2+. The highest BCUT2D eigenvalue weighted by Crippen LogP contribution is 2.46. The first-order valence-electron chi connectivity index (χ1n) is 36.6. The third kappa shape index (κ3) is 17.5. The van der Waals surface area contributed by atoms with E-state index in [1.54, 1.807) is 93.2 Å². The number of fused-ring (bicyclic) bond motifs is 5. The third-order valence-electron chi connectivity index (χ3n) is 19.7. The van der Waals surface area contributed by atoms with Crippen LogP contribution in [0.5, 0.6) is 17.2 Å². The number of amides is 5. The van der Waals surface area contributed by atoms with Crippen molar-refractivity contribution in [1.82, 2.24) is 54.4 Å². The molecule has 0 spiro atoms. The van der Waals surface area contributed by atoms with Crippen LogP contribution in [-0.4, -0.2) is 219 Å². The lowest BCUT2D eigenvalue weighted by atomic mass is 9.96. The number of phenolic OH excluding ortho intramolecular Hbond substituents is 3. The number of nitrogens with zero attached hydrogens (tertiary/aromatic N) is 14. The van der Waals surface area contributed by atoms with Crippen LogP contribution < -0.4 is 25.3 Å². The van der Waals surface area contributed by atoms with Gasteiger partial charge in [-0.2, -0.15) is 9.97 Å². The van der Waals surface area contributed by atoms with Crippen molar-refractivity contribution < 1.29 is 56.9 Å². The number of benzene rings is 8. The van der Waals surface area contributed by atoms with Crippen LogP contribution in [-0.2, 0) is 24.0 Å². The zero-order chi connectivity index (χ0) is 81.3. The first kappa shape index (κ1) is 81.4. The summed E-state index contributed by atoms with van der Waals surface area (Å²) in [6.45, 7) is 13.4. The maximum absolute atomic E-state index is 16.6. The van der Waals surface area contributed by atoms with E-state index >= 15 is 13.2 Å². The zero-order valence-corrected chi connectivity index (χ0v) is 65.4. The van der Waals surface area contributed by atoms with Gasteiger partial charge in [0.2, 0.25) is 41.4 Å². The average molecular weight is 1610 g/mol. The van der Waals surface area contributed by atoms with Crippen molar-refractivity contribution in [1.29, 1.82) is 0 Å². The van der Waals surface area contributed by atoms with Gasteiger partial charge in [-0.1, -0.05) is 108 Å². The number of anilines is 5. The molecule has 14 rings (SSSR count). The fourth-order valence-corrected chi connectivity index (χ4v) is 14.8. The lowest BCUT2D eigenvalue weighted by molar-refractivity contribution is -0.129. The highest BCUT2D eigenvalue weighted by atomic mass is 35.5. The second-order valence-corrected chi connectivity index (χ2v) is 28.6. The number of halogens is 7. The second kappa shape index (κ2) is 35.7. The summed E-state index contributed by atoms with van der Waals surface area (Å²) in [5, 5.41) is 41.4. The van der Waals surface area contributed by atoms with Gasteiger partial charge in [-0.25, -0.2) is 37.5 Å². The number of aromatic nitrogens is 6. The normalized spacial score (nSPS) is 13.9. The summed E-state index contributed by atoms with van der Waals surface area (Å²) in [6, 6.07) is 29.4. The molecule has 11 aromatic rings. The van der Waals surface area contributed by atoms with E-state index < -0.39 is 29.0 Å². The van der Waals surface area contributed by atoms with E-state index in [2.05, 4.69) is 37.1 Å². The Balaban J connectivity index is 0.000000160. The molecule has 0 atom stereocenters. The van der Waals surface area contributed by atoms with Crippen LogP contribution in [0.15, 0.2) is 152 Å². The quantitative estimate of drug-likeness (QED) is 0.0418. The largest absolute Gasteiger partial charge is 0.508 e. The summed E-state index contributed by atoms with van der Waals surface area (Å²) in [6.07, 6.45) is 9.39. The molecule has 8 aromatic carbocycles. The van der Waals surface area contributed by atoms with Crippen LogP contribution >= 0.6 is 34.8 Å². The number of carbonyl (C=O) groups excluding carboxylic acids is 5. The van der Waals surface area contributed by atoms with Crippen molar-refractivity contribution in [2.75, 3.05) is 145 Å². The summed E-state index contributed by atoms with van der Waals surface area (Å²) < 4.78 is 62.9. The minimum atomic E-state index is -0.839. The first-order valence-corrected chi connectivity index (χ1v) is 37.7. The van der Waals surface area contributed by atoms with Crippen LogP contribution in [0, 0.1) is 23.3 Å². The van der Waals surface area contributed by atoms with Gasteiger partial charge in [0.25, 0.3) is 0 Å². The van der Waals surface area contributed by atoms with Crippen LogP contribution in [0.4, 0.5) is 46.9 Å². The Morgan fingerprint density at radius 1 is 0.465 bits per heavy atom. The van der Waals surface area contributed by atoms with Crippen LogP contribution in [0.3, 0.4) is 0 Å². The highest BCUT2D eigenvalue weighted by Gasteiger charge is 2.32. The number of allylic oxidation sites excluding steroid dienone is 2. The molecular formula is C83H81Cl3F4N16O8. The van der Waals surface area contributed by atoms with E-state index in [0.29, 0.717) is 123 Å². The van der Waals surface area contributed by atoms with E-state index in [-0.39, 0.29) is 133 Å². The van der Waals surface area contributed by atoms with Crippen molar-refractivity contribution >= 4 is 148 Å². The molecule has 3 aliphatic rings. The van der Waals surface area contributed by atoms with Gasteiger partial charge in [0.1, 0.15) is 63.4 Å². The number of phenols is 3. The van der Waals surface area contributed by atoms with Crippen molar-refractivity contribution in [3.05, 3.63) is 191 Å². The molecule has 0 radical (unpaired) electrons. The van der Waals surface area contributed by atoms with Crippen molar-refractivity contribution in [2.24, 2.45) is 0 Å². The second-order valence-electron chi connectivity index (χ2n) is 27.4. The van der Waals surface area contributed by atoms with Gasteiger partial charge in [0.05, 0.1) is 20.6 Å². The highest BCUT2D eigenvalue weighted by molar-refractivity contribution is 6.36. The smallest absolute Gasteiger partial charge is 0.246 e. The van der Waals surface area contributed by atoms with E-state index in [1.165, 1.54) is 64.7 Å². The molecule has 0 aliphatic carbocycles. The molecule has 3 fully saturated rings. The maximum atomic E-state index is 16.6. The number of hydrogen-bond acceptors (Lipinski definition) is 19.